The number of rotatable bonds is 7. The number of methoxy groups -OCH3 is 1. The zero-order chi connectivity index (χ0) is 21.3. The van der Waals surface area contributed by atoms with Crippen LogP contribution in [-0.2, 0) is 19.6 Å². The number of allylic oxidation sites excluding steroid dienone is 1. The van der Waals surface area contributed by atoms with Gasteiger partial charge in [-0.1, -0.05) is 37.5 Å². The number of hydrogen-bond acceptors (Lipinski definition) is 4. The van der Waals surface area contributed by atoms with E-state index in [4.69, 9.17) is 13.9 Å². The van der Waals surface area contributed by atoms with Crippen LogP contribution in [0.4, 0.5) is 0 Å². The van der Waals surface area contributed by atoms with Gasteiger partial charge >= 0.3 is 5.97 Å². The summed E-state index contributed by atoms with van der Waals surface area (Å²) < 4.78 is 17.0. The van der Waals surface area contributed by atoms with E-state index in [1.54, 1.807) is 14.0 Å². The summed E-state index contributed by atoms with van der Waals surface area (Å²) in [5.41, 5.74) is -0.0920. The van der Waals surface area contributed by atoms with Crippen molar-refractivity contribution in [1.82, 2.24) is 0 Å². The number of esters is 1. The largest absolute Gasteiger partial charge is 0.497 e. The van der Waals surface area contributed by atoms with E-state index >= 15 is 0 Å². The highest BCUT2D eigenvalue weighted by atomic mass is 28.4. The molecule has 1 unspecified atom stereocenters. The minimum atomic E-state index is -2.01. The molecule has 1 aliphatic rings. The first-order chi connectivity index (χ1) is 13.8. The van der Waals surface area contributed by atoms with Crippen molar-refractivity contribution in [2.24, 2.45) is 5.92 Å². The SMILES string of the molecule is CCOC(=O)C#CC(/C=C/C1CCCCC1)(O[Si](C)(C)C)c1ccc(OC)cc1. The van der Waals surface area contributed by atoms with Crippen molar-refractivity contribution in [1.29, 1.82) is 0 Å². The van der Waals surface area contributed by atoms with Gasteiger partial charge in [0.15, 0.2) is 13.9 Å². The standard InChI is InChI=1S/C24H34O4Si/c1-6-27-23(25)17-19-24(28-29(3,4)5,18-16-20-10-8-7-9-11-20)21-12-14-22(26-2)15-13-21/h12-16,18,20H,6-11H2,1-5H3/b18-16+. The van der Waals surface area contributed by atoms with Gasteiger partial charge in [-0.2, -0.15) is 0 Å². The van der Waals surface area contributed by atoms with Crippen LogP contribution in [0.5, 0.6) is 5.75 Å². The van der Waals surface area contributed by atoms with Crippen molar-refractivity contribution in [3.8, 4) is 17.6 Å². The smallest absolute Gasteiger partial charge is 0.384 e. The van der Waals surface area contributed by atoms with Gasteiger partial charge in [0.1, 0.15) is 5.75 Å². The molecule has 5 heteroatoms. The summed E-state index contributed by atoms with van der Waals surface area (Å²) in [5.74, 6) is 6.55. The van der Waals surface area contributed by atoms with Gasteiger partial charge in [-0.25, -0.2) is 4.79 Å². The Hall–Kier alpha value is -2.03. The lowest BCUT2D eigenvalue weighted by atomic mass is 9.86. The third kappa shape index (κ3) is 7.38. The summed E-state index contributed by atoms with van der Waals surface area (Å²) in [7, 11) is -0.368. The molecule has 0 N–H and O–H groups in total. The fourth-order valence-electron chi connectivity index (χ4n) is 3.56. The van der Waals surface area contributed by atoms with Gasteiger partial charge < -0.3 is 13.9 Å². The molecule has 0 saturated heterocycles. The first-order valence-corrected chi connectivity index (χ1v) is 13.9. The maximum Gasteiger partial charge on any atom is 0.384 e. The molecule has 0 bridgehead atoms. The first-order valence-electron chi connectivity index (χ1n) is 10.5. The van der Waals surface area contributed by atoms with E-state index in [1.807, 2.05) is 24.3 Å². The Bertz CT molecular complexity index is 746. The second-order valence-electron chi connectivity index (χ2n) is 8.41. The number of benzene rings is 1. The van der Waals surface area contributed by atoms with E-state index in [0.717, 1.165) is 11.3 Å². The van der Waals surface area contributed by atoms with Gasteiger partial charge in [0.05, 0.1) is 13.7 Å². The molecular formula is C24H34O4Si. The highest BCUT2D eigenvalue weighted by molar-refractivity contribution is 6.69. The zero-order valence-corrected chi connectivity index (χ0v) is 19.4. The van der Waals surface area contributed by atoms with E-state index in [-0.39, 0.29) is 0 Å². The van der Waals surface area contributed by atoms with Gasteiger partial charge in [0.2, 0.25) is 0 Å². The maximum atomic E-state index is 12.0. The Labute approximate surface area is 176 Å². The normalized spacial score (nSPS) is 17.3. The van der Waals surface area contributed by atoms with Crippen molar-refractivity contribution in [3.05, 3.63) is 42.0 Å². The van der Waals surface area contributed by atoms with Gasteiger partial charge in [0.25, 0.3) is 0 Å². The fraction of sp³-hybridized carbons (Fsp3) is 0.542. The van der Waals surface area contributed by atoms with Crippen LogP contribution >= 0.6 is 0 Å². The van der Waals surface area contributed by atoms with Crippen LogP contribution in [0.15, 0.2) is 36.4 Å². The quantitative estimate of drug-likeness (QED) is 0.196. The summed E-state index contributed by atoms with van der Waals surface area (Å²) in [4.78, 5) is 12.0. The molecule has 0 radical (unpaired) electrons. The van der Waals surface area contributed by atoms with E-state index in [1.165, 1.54) is 32.1 Å². The Morgan fingerprint density at radius 1 is 1.17 bits per heavy atom. The predicted molar refractivity (Wildman–Crippen MR) is 119 cm³/mol. The number of ether oxygens (including phenoxy) is 2. The van der Waals surface area contributed by atoms with Crippen molar-refractivity contribution in [2.45, 2.75) is 64.3 Å². The second kappa shape index (κ2) is 10.7. The maximum absolute atomic E-state index is 12.0. The third-order valence-corrected chi connectivity index (χ3v) is 5.80. The minimum Gasteiger partial charge on any atom is -0.497 e. The van der Waals surface area contributed by atoms with Crippen LogP contribution in [-0.4, -0.2) is 28.0 Å². The Morgan fingerprint density at radius 2 is 1.83 bits per heavy atom. The molecule has 1 aromatic carbocycles. The average molecular weight is 415 g/mol. The van der Waals surface area contributed by atoms with Crippen LogP contribution < -0.4 is 4.74 Å². The van der Waals surface area contributed by atoms with E-state index in [2.05, 4.69) is 43.6 Å². The van der Waals surface area contributed by atoms with Crippen molar-refractivity contribution < 1.29 is 18.7 Å². The molecule has 1 fully saturated rings. The second-order valence-corrected chi connectivity index (χ2v) is 12.8. The lowest BCUT2D eigenvalue weighted by molar-refractivity contribution is -0.136. The van der Waals surface area contributed by atoms with E-state index < -0.39 is 19.9 Å². The van der Waals surface area contributed by atoms with Crippen LogP contribution in [0.25, 0.3) is 0 Å². The summed E-state index contributed by atoms with van der Waals surface area (Å²) in [6.07, 6.45) is 10.5. The molecule has 1 atom stereocenters. The minimum absolute atomic E-state index is 0.301. The third-order valence-electron chi connectivity index (χ3n) is 4.86. The fourth-order valence-corrected chi connectivity index (χ4v) is 4.76. The molecule has 158 valence electrons. The first kappa shape index (κ1) is 23.2. The van der Waals surface area contributed by atoms with Crippen molar-refractivity contribution >= 4 is 14.3 Å². The topological polar surface area (TPSA) is 44.8 Å². The van der Waals surface area contributed by atoms with Gasteiger partial charge in [-0.05, 0) is 75.0 Å². The van der Waals surface area contributed by atoms with Crippen molar-refractivity contribution in [2.75, 3.05) is 13.7 Å². The number of hydrogen-bond donors (Lipinski definition) is 0. The Morgan fingerprint density at radius 3 is 2.38 bits per heavy atom. The number of carbonyl (C=O) groups excluding carboxylic acids is 1. The van der Waals surface area contributed by atoms with Gasteiger partial charge in [-0.15, -0.1) is 0 Å². The summed E-state index contributed by atoms with van der Waals surface area (Å²) in [5, 5.41) is 0. The molecule has 4 nitrogen and oxygen atoms in total. The van der Waals surface area contributed by atoms with E-state index in [9.17, 15) is 4.79 Å². The predicted octanol–water partition coefficient (Wildman–Crippen LogP) is 5.45. The van der Waals surface area contributed by atoms with Crippen LogP contribution in [0.2, 0.25) is 19.6 Å². The molecule has 0 spiro atoms. The summed E-state index contributed by atoms with van der Waals surface area (Å²) in [6, 6.07) is 7.73. The molecule has 0 amide bonds. The Kier molecular flexibility index (Phi) is 8.55. The van der Waals surface area contributed by atoms with E-state index in [0.29, 0.717) is 12.5 Å². The molecule has 29 heavy (non-hydrogen) atoms. The zero-order valence-electron chi connectivity index (χ0n) is 18.4. The monoisotopic (exact) mass is 414 g/mol. The Balaban J connectivity index is 2.51. The van der Waals surface area contributed by atoms with Crippen molar-refractivity contribution in [3.63, 3.8) is 0 Å². The molecular weight excluding hydrogens is 380 g/mol. The molecule has 1 aromatic rings. The number of carbonyl (C=O) groups is 1. The molecule has 0 aromatic heterocycles. The summed E-state index contributed by atoms with van der Waals surface area (Å²) in [6.45, 7) is 8.47. The lowest BCUT2D eigenvalue weighted by Gasteiger charge is -2.34. The van der Waals surface area contributed by atoms with Gasteiger partial charge in [-0.3, -0.25) is 0 Å². The van der Waals surface area contributed by atoms with Crippen LogP contribution in [0, 0.1) is 17.8 Å². The molecule has 2 rings (SSSR count). The van der Waals surface area contributed by atoms with Crippen LogP contribution in [0.1, 0.15) is 44.6 Å². The highest BCUT2D eigenvalue weighted by Crippen LogP contribution is 2.34. The lowest BCUT2D eigenvalue weighted by Crippen LogP contribution is -2.39. The molecule has 0 aliphatic heterocycles. The van der Waals surface area contributed by atoms with Gasteiger partial charge in [0, 0.05) is 5.92 Å². The molecule has 0 heterocycles. The molecule has 1 saturated carbocycles. The molecule has 1 aliphatic carbocycles. The van der Waals surface area contributed by atoms with Crippen LogP contribution in [0.3, 0.4) is 0 Å². The average Bonchev–Trinajstić information content (AvgIpc) is 2.70. The summed E-state index contributed by atoms with van der Waals surface area (Å²) >= 11 is 0. The highest BCUT2D eigenvalue weighted by Gasteiger charge is 2.35.